The number of carbonyl (C=O) groups is 2. The smallest absolute Gasteiger partial charge is 0.350 e. The number of nitrogens with one attached hydrogen (secondary N) is 1. The first-order valence-corrected chi connectivity index (χ1v) is 14.1. The minimum Gasteiger partial charge on any atom is -0.350 e. The van der Waals surface area contributed by atoms with Crippen LogP contribution in [0, 0.1) is 6.92 Å². The van der Waals surface area contributed by atoms with E-state index in [1.807, 2.05) is 19.1 Å². The van der Waals surface area contributed by atoms with Crippen molar-refractivity contribution < 1.29 is 31.2 Å². The highest BCUT2D eigenvalue weighted by atomic mass is 35.5. The van der Waals surface area contributed by atoms with Crippen LogP contribution < -0.4 is 9.62 Å². The molecule has 0 aliphatic rings. The molecule has 0 unspecified atom stereocenters. The zero-order valence-electron chi connectivity index (χ0n) is 22.2. The molecule has 2 rings (SSSR count). The molecule has 0 saturated heterocycles. The van der Waals surface area contributed by atoms with Crippen LogP contribution in [0.5, 0.6) is 0 Å². The number of sulfonamides is 1. The summed E-state index contributed by atoms with van der Waals surface area (Å²) in [5, 5.41) is 2.57. The number of rotatable bonds is 9. The highest BCUT2D eigenvalue weighted by Gasteiger charge is 2.36. The molecule has 38 heavy (non-hydrogen) atoms. The molecule has 0 heterocycles. The first kappa shape index (κ1) is 31.4. The third-order valence-corrected chi connectivity index (χ3v) is 7.15. The molecule has 0 radical (unpaired) electrons. The van der Waals surface area contributed by atoms with Crippen LogP contribution >= 0.6 is 11.6 Å². The Balaban J connectivity index is 2.58. The lowest BCUT2D eigenvalue weighted by atomic mass is 10.0. The molecule has 0 spiro atoms. The summed E-state index contributed by atoms with van der Waals surface area (Å²) in [6.07, 6.45) is -3.78. The fraction of sp³-hybridized carbons (Fsp3) is 0.462. The molecule has 0 aliphatic heterocycles. The summed E-state index contributed by atoms with van der Waals surface area (Å²) in [7, 11) is -4.26. The van der Waals surface area contributed by atoms with E-state index in [2.05, 4.69) is 5.32 Å². The van der Waals surface area contributed by atoms with Crippen LogP contribution in [0.1, 0.15) is 50.8 Å². The second kappa shape index (κ2) is 11.9. The van der Waals surface area contributed by atoms with Crippen LogP contribution in [-0.2, 0) is 32.3 Å². The van der Waals surface area contributed by atoms with Crippen LogP contribution in [0.15, 0.2) is 42.5 Å². The van der Waals surface area contributed by atoms with Crippen molar-refractivity contribution in [3.8, 4) is 0 Å². The van der Waals surface area contributed by atoms with Crippen molar-refractivity contribution in [3.63, 3.8) is 0 Å². The van der Waals surface area contributed by atoms with E-state index in [-0.39, 0.29) is 18.0 Å². The summed E-state index contributed by atoms with van der Waals surface area (Å²) in [6.45, 7) is 8.02. The lowest BCUT2D eigenvalue weighted by molar-refractivity contribution is -0.141. The zero-order valence-corrected chi connectivity index (χ0v) is 23.8. The summed E-state index contributed by atoms with van der Waals surface area (Å²) in [6, 6.07) is 8.47. The van der Waals surface area contributed by atoms with Gasteiger partial charge in [0.05, 0.1) is 22.5 Å². The molecule has 1 N–H and O–H groups in total. The lowest BCUT2D eigenvalue weighted by Gasteiger charge is -2.35. The van der Waals surface area contributed by atoms with Crippen molar-refractivity contribution in [1.29, 1.82) is 0 Å². The molecule has 0 aromatic heterocycles. The third kappa shape index (κ3) is 8.36. The number of amides is 2. The first-order chi connectivity index (χ1) is 17.3. The normalized spacial score (nSPS) is 13.1. The quantitative estimate of drug-likeness (QED) is 0.448. The van der Waals surface area contributed by atoms with Gasteiger partial charge in [0.15, 0.2) is 0 Å². The maximum absolute atomic E-state index is 13.7. The van der Waals surface area contributed by atoms with Gasteiger partial charge in [-0.2, -0.15) is 13.2 Å². The summed E-state index contributed by atoms with van der Waals surface area (Å²) in [5.41, 5.74) is -0.638. The topological polar surface area (TPSA) is 86.8 Å². The minimum atomic E-state index is -4.76. The third-order valence-electron chi connectivity index (χ3n) is 5.71. The molecule has 2 aromatic carbocycles. The number of hydrogen-bond acceptors (Lipinski definition) is 4. The molecule has 1 atom stereocenters. The van der Waals surface area contributed by atoms with E-state index in [1.165, 1.54) is 4.90 Å². The van der Waals surface area contributed by atoms with Gasteiger partial charge >= 0.3 is 6.18 Å². The number of aryl methyl sites for hydroxylation is 1. The molecule has 0 fully saturated rings. The number of hydrogen-bond donors (Lipinski definition) is 1. The Hall–Kier alpha value is -2.79. The van der Waals surface area contributed by atoms with E-state index in [4.69, 9.17) is 11.6 Å². The van der Waals surface area contributed by atoms with Crippen molar-refractivity contribution in [2.45, 2.75) is 65.3 Å². The van der Waals surface area contributed by atoms with Gasteiger partial charge in [-0.3, -0.25) is 13.9 Å². The fourth-order valence-corrected chi connectivity index (χ4v) is 4.94. The predicted molar refractivity (Wildman–Crippen MR) is 142 cm³/mol. The number of nitrogens with zero attached hydrogens (tertiary/aromatic N) is 2. The number of carbonyl (C=O) groups excluding carboxylic acids is 2. The van der Waals surface area contributed by atoms with Gasteiger partial charge in [0.1, 0.15) is 12.6 Å². The van der Waals surface area contributed by atoms with Gasteiger partial charge in [0, 0.05) is 12.1 Å². The minimum absolute atomic E-state index is 0.0184. The van der Waals surface area contributed by atoms with Gasteiger partial charge in [0.2, 0.25) is 21.8 Å². The number of benzene rings is 2. The van der Waals surface area contributed by atoms with Crippen molar-refractivity contribution >= 4 is 39.1 Å². The van der Waals surface area contributed by atoms with E-state index in [0.29, 0.717) is 10.4 Å². The summed E-state index contributed by atoms with van der Waals surface area (Å²) >= 11 is 6.11. The molecule has 210 valence electrons. The van der Waals surface area contributed by atoms with E-state index < -0.39 is 57.4 Å². The van der Waals surface area contributed by atoms with Crippen LogP contribution in [0.25, 0.3) is 0 Å². The maximum Gasteiger partial charge on any atom is 0.416 e. The van der Waals surface area contributed by atoms with E-state index in [9.17, 15) is 31.2 Å². The highest BCUT2D eigenvalue weighted by Crippen LogP contribution is 2.36. The molecule has 2 aromatic rings. The van der Waals surface area contributed by atoms with E-state index in [1.54, 1.807) is 39.8 Å². The molecule has 0 bridgehead atoms. The van der Waals surface area contributed by atoms with Crippen molar-refractivity contribution in [3.05, 3.63) is 64.2 Å². The van der Waals surface area contributed by atoms with Gasteiger partial charge in [-0.05, 0) is 63.4 Å². The zero-order chi connectivity index (χ0) is 29.1. The van der Waals surface area contributed by atoms with Crippen LogP contribution in [0.3, 0.4) is 0 Å². The van der Waals surface area contributed by atoms with E-state index >= 15 is 0 Å². The average molecular weight is 576 g/mol. The Morgan fingerprint density at radius 3 is 2.18 bits per heavy atom. The second-order valence-electron chi connectivity index (χ2n) is 10.0. The standard InChI is InChI=1S/C26H33ClF3N3O4S/c1-7-21(24(35)31-25(3,4)5)32(15-18-11-9-8-10-17(18)2)23(34)16-33(38(6,36)37)22-14-19(26(28,29)30)12-13-20(22)27/h8-14,21H,7,15-16H2,1-6H3,(H,31,35)/t21-/m1/s1. The molecular weight excluding hydrogens is 543 g/mol. The fourth-order valence-electron chi connectivity index (χ4n) is 3.82. The van der Waals surface area contributed by atoms with Crippen molar-refractivity contribution in [2.24, 2.45) is 0 Å². The van der Waals surface area contributed by atoms with Gasteiger partial charge in [-0.1, -0.05) is 42.8 Å². The Labute approximate surface area is 227 Å². The number of anilines is 1. The Morgan fingerprint density at radius 1 is 1.08 bits per heavy atom. The second-order valence-corrected chi connectivity index (χ2v) is 12.4. The maximum atomic E-state index is 13.7. The van der Waals surface area contributed by atoms with Crippen LogP contribution in [0.2, 0.25) is 5.02 Å². The van der Waals surface area contributed by atoms with Crippen LogP contribution in [-0.4, -0.2) is 49.5 Å². The molecule has 2 amide bonds. The Bertz CT molecular complexity index is 1280. The first-order valence-electron chi connectivity index (χ1n) is 11.9. The van der Waals surface area contributed by atoms with Crippen LogP contribution in [0.4, 0.5) is 18.9 Å². The molecule has 0 saturated carbocycles. The lowest BCUT2D eigenvalue weighted by Crippen LogP contribution is -2.55. The average Bonchev–Trinajstić information content (AvgIpc) is 2.76. The summed E-state index contributed by atoms with van der Waals surface area (Å²) in [5.74, 6) is -1.21. The monoisotopic (exact) mass is 575 g/mol. The van der Waals surface area contributed by atoms with E-state index in [0.717, 1.165) is 29.5 Å². The van der Waals surface area contributed by atoms with Gasteiger partial charge in [0.25, 0.3) is 0 Å². The van der Waals surface area contributed by atoms with Gasteiger partial charge in [-0.25, -0.2) is 8.42 Å². The summed E-state index contributed by atoms with van der Waals surface area (Å²) in [4.78, 5) is 28.2. The van der Waals surface area contributed by atoms with Gasteiger partial charge < -0.3 is 10.2 Å². The largest absolute Gasteiger partial charge is 0.416 e. The van der Waals surface area contributed by atoms with Crippen molar-refractivity contribution in [1.82, 2.24) is 10.2 Å². The number of alkyl halides is 3. The van der Waals surface area contributed by atoms with Gasteiger partial charge in [-0.15, -0.1) is 0 Å². The molecule has 0 aliphatic carbocycles. The SMILES string of the molecule is CC[C@H](C(=O)NC(C)(C)C)N(Cc1ccccc1C)C(=O)CN(c1cc(C(F)(F)F)ccc1Cl)S(C)(=O)=O. The highest BCUT2D eigenvalue weighted by molar-refractivity contribution is 7.92. The van der Waals surface area contributed by atoms with Crippen molar-refractivity contribution in [2.75, 3.05) is 17.1 Å². The molecule has 12 heteroatoms. The predicted octanol–water partition coefficient (Wildman–Crippen LogP) is 5.16. The molecular formula is C26H33ClF3N3O4S. The Kier molecular flexibility index (Phi) is 9.88. The summed E-state index contributed by atoms with van der Waals surface area (Å²) < 4.78 is 66.1. The Morgan fingerprint density at radius 2 is 1.68 bits per heavy atom. The molecule has 7 nitrogen and oxygen atoms in total. The number of halogens is 4.